The smallest absolute Gasteiger partial charge is 0.114 e. The van der Waals surface area contributed by atoms with Crippen LogP contribution in [0.1, 0.15) is 26.7 Å². The molecule has 0 aliphatic carbocycles. The van der Waals surface area contributed by atoms with Crippen LogP contribution < -0.4 is 0 Å². The Hall–Kier alpha value is -0.150. The van der Waals surface area contributed by atoms with Gasteiger partial charge in [-0.15, -0.1) is 0 Å². The fourth-order valence-corrected chi connectivity index (χ4v) is 1.87. The van der Waals surface area contributed by atoms with Gasteiger partial charge in [-0.1, -0.05) is 13.8 Å². The summed E-state index contributed by atoms with van der Waals surface area (Å²) in [5.41, 5.74) is 0. The first-order valence-corrected chi connectivity index (χ1v) is 5.12. The highest BCUT2D eigenvalue weighted by Gasteiger charge is 2.23. The van der Waals surface area contributed by atoms with Gasteiger partial charge in [0.1, 0.15) is 6.17 Å². The van der Waals surface area contributed by atoms with Gasteiger partial charge in [0.15, 0.2) is 0 Å². The predicted octanol–water partition coefficient (Wildman–Crippen LogP) is 1.44. The summed E-state index contributed by atoms with van der Waals surface area (Å²) in [4.78, 5) is 2.01. The second kappa shape index (κ2) is 4.91. The van der Waals surface area contributed by atoms with Crippen molar-refractivity contribution in [2.75, 3.05) is 19.6 Å². The third-order valence-corrected chi connectivity index (χ3v) is 2.43. The van der Waals surface area contributed by atoms with Crippen molar-refractivity contribution in [2.45, 2.75) is 39.0 Å². The number of rotatable bonds is 4. The lowest BCUT2D eigenvalue weighted by molar-refractivity contribution is 0.103. The van der Waals surface area contributed by atoms with Gasteiger partial charge in [0.2, 0.25) is 0 Å². The molecule has 0 saturated carbocycles. The number of likely N-dealkylation sites (tertiary alicyclic amines) is 1. The van der Waals surface area contributed by atoms with Crippen LogP contribution in [-0.4, -0.2) is 41.9 Å². The van der Waals surface area contributed by atoms with Crippen molar-refractivity contribution < 1.29 is 9.50 Å². The molecule has 78 valence electrons. The average molecular weight is 189 g/mol. The summed E-state index contributed by atoms with van der Waals surface area (Å²) in [6.45, 7) is 6.13. The summed E-state index contributed by atoms with van der Waals surface area (Å²) >= 11 is 0. The minimum absolute atomic E-state index is 0.287. The number of alkyl halides is 1. The highest BCUT2D eigenvalue weighted by atomic mass is 19.1. The minimum atomic E-state index is -0.675. The molecule has 0 aromatic carbocycles. The quantitative estimate of drug-likeness (QED) is 0.723. The summed E-state index contributed by atoms with van der Waals surface area (Å²) in [5.74, 6) is 0.513. The first-order valence-electron chi connectivity index (χ1n) is 5.12. The van der Waals surface area contributed by atoms with Crippen molar-refractivity contribution in [3.63, 3.8) is 0 Å². The Morgan fingerprint density at radius 1 is 1.54 bits per heavy atom. The van der Waals surface area contributed by atoms with Crippen molar-refractivity contribution in [3.8, 4) is 0 Å². The lowest BCUT2D eigenvalue weighted by Gasteiger charge is -2.20. The second-order valence-corrected chi connectivity index (χ2v) is 4.43. The number of hydrogen-bond donors (Lipinski definition) is 1. The Bertz CT molecular complexity index is 152. The maximum Gasteiger partial charge on any atom is 0.114 e. The highest BCUT2D eigenvalue weighted by Crippen LogP contribution is 2.14. The molecule has 1 rings (SSSR count). The lowest BCUT2D eigenvalue weighted by atomic mass is 10.1. The van der Waals surface area contributed by atoms with Crippen LogP contribution in [-0.2, 0) is 0 Å². The fourth-order valence-electron chi connectivity index (χ4n) is 1.87. The van der Waals surface area contributed by atoms with E-state index in [-0.39, 0.29) is 6.10 Å². The Morgan fingerprint density at radius 3 is 2.69 bits per heavy atom. The third-order valence-electron chi connectivity index (χ3n) is 2.43. The summed E-state index contributed by atoms with van der Waals surface area (Å²) in [7, 11) is 0. The van der Waals surface area contributed by atoms with Crippen molar-refractivity contribution in [3.05, 3.63) is 0 Å². The summed E-state index contributed by atoms with van der Waals surface area (Å²) in [5, 5.41) is 9.60. The number of aliphatic hydroxyl groups excluding tert-OH is 1. The number of β-amino-alcohol motifs (C(OH)–C–C–N with tert-alkyl or cyclic N) is 1. The fraction of sp³-hybridized carbons (Fsp3) is 1.00. The molecule has 0 bridgehead atoms. The summed E-state index contributed by atoms with van der Waals surface area (Å²) in [6, 6.07) is 0. The van der Waals surface area contributed by atoms with Gasteiger partial charge < -0.3 is 5.11 Å². The van der Waals surface area contributed by atoms with Gasteiger partial charge in [0, 0.05) is 19.6 Å². The van der Waals surface area contributed by atoms with Crippen LogP contribution in [0.25, 0.3) is 0 Å². The van der Waals surface area contributed by atoms with Crippen LogP contribution in [0.2, 0.25) is 0 Å². The van der Waals surface area contributed by atoms with E-state index < -0.39 is 6.17 Å². The van der Waals surface area contributed by atoms with Gasteiger partial charge in [-0.2, -0.15) is 0 Å². The van der Waals surface area contributed by atoms with Gasteiger partial charge in [-0.3, -0.25) is 4.90 Å². The Labute approximate surface area is 79.7 Å². The van der Waals surface area contributed by atoms with Gasteiger partial charge in [-0.05, 0) is 18.8 Å². The van der Waals surface area contributed by atoms with Gasteiger partial charge in [-0.25, -0.2) is 4.39 Å². The van der Waals surface area contributed by atoms with Crippen molar-refractivity contribution in [2.24, 2.45) is 5.92 Å². The molecule has 1 N–H and O–H groups in total. The molecule has 1 saturated heterocycles. The molecule has 1 aliphatic rings. The number of halogens is 1. The van der Waals surface area contributed by atoms with E-state index in [1.807, 2.05) is 4.90 Å². The molecule has 1 aliphatic heterocycles. The first-order chi connectivity index (χ1) is 6.08. The van der Waals surface area contributed by atoms with Crippen molar-refractivity contribution in [1.82, 2.24) is 4.90 Å². The zero-order valence-corrected chi connectivity index (χ0v) is 8.54. The molecular weight excluding hydrogens is 169 g/mol. The first kappa shape index (κ1) is 10.9. The van der Waals surface area contributed by atoms with Crippen molar-refractivity contribution in [1.29, 1.82) is 0 Å². The Balaban J connectivity index is 2.16. The van der Waals surface area contributed by atoms with E-state index in [1.54, 1.807) is 0 Å². The maximum atomic E-state index is 12.8. The average Bonchev–Trinajstić information content (AvgIpc) is 2.33. The van der Waals surface area contributed by atoms with Gasteiger partial charge in [0.05, 0.1) is 6.10 Å². The van der Waals surface area contributed by atoms with Crippen LogP contribution >= 0.6 is 0 Å². The number of aliphatic hydroxyl groups is 1. The number of hydrogen-bond acceptors (Lipinski definition) is 2. The van der Waals surface area contributed by atoms with E-state index in [1.165, 1.54) is 0 Å². The monoisotopic (exact) mass is 189 g/mol. The van der Waals surface area contributed by atoms with Crippen LogP contribution in [0.5, 0.6) is 0 Å². The van der Waals surface area contributed by atoms with Crippen molar-refractivity contribution >= 4 is 0 Å². The van der Waals surface area contributed by atoms with E-state index in [0.29, 0.717) is 25.4 Å². The maximum absolute atomic E-state index is 12.8. The molecule has 0 aromatic rings. The molecule has 13 heavy (non-hydrogen) atoms. The molecular formula is C10H20FNO. The van der Waals surface area contributed by atoms with E-state index in [9.17, 15) is 9.50 Å². The van der Waals surface area contributed by atoms with E-state index in [2.05, 4.69) is 13.8 Å². The molecule has 1 fully saturated rings. The van der Waals surface area contributed by atoms with Gasteiger partial charge >= 0.3 is 0 Å². The SMILES string of the molecule is CC(C)CC(O)CN1CC[C@@H](F)C1. The molecule has 3 heteroatoms. The molecule has 2 atom stereocenters. The van der Waals surface area contributed by atoms with Crippen LogP contribution in [0, 0.1) is 5.92 Å². The molecule has 0 amide bonds. The van der Waals surface area contributed by atoms with E-state index >= 15 is 0 Å². The zero-order valence-electron chi connectivity index (χ0n) is 8.54. The Morgan fingerprint density at radius 2 is 2.23 bits per heavy atom. The third kappa shape index (κ3) is 4.05. The molecule has 2 nitrogen and oxygen atoms in total. The molecule has 0 spiro atoms. The predicted molar refractivity (Wildman–Crippen MR) is 51.4 cm³/mol. The molecule has 0 aromatic heterocycles. The van der Waals surface area contributed by atoms with E-state index in [0.717, 1.165) is 13.0 Å². The van der Waals surface area contributed by atoms with Crippen LogP contribution in [0.15, 0.2) is 0 Å². The molecule has 1 heterocycles. The molecule has 1 unspecified atom stereocenters. The lowest BCUT2D eigenvalue weighted by Crippen LogP contribution is -2.31. The van der Waals surface area contributed by atoms with Gasteiger partial charge in [0.25, 0.3) is 0 Å². The largest absolute Gasteiger partial charge is 0.392 e. The standard InChI is InChI=1S/C10H20FNO/c1-8(2)5-10(13)7-12-4-3-9(11)6-12/h8-10,13H,3-7H2,1-2H3/t9-,10?/m1/s1. The summed E-state index contributed by atoms with van der Waals surface area (Å²) in [6.07, 6.45) is 0.485. The number of nitrogens with zero attached hydrogens (tertiary/aromatic N) is 1. The Kier molecular flexibility index (Phi) is 4.13. The normalized spacial score (nSPS) is 27.0. The van der Waals surface area contributed by atoms with E-state index in [4.69, 9.17) is 0 Å². The summed E-state index contributed by atoms with van der Waals surface area (Å²) < 4.78 is 12.8. The van der Waals surface area contributed by atoms with Crippen LogP contribution in [0.4, 0.5) is 4.39 Å². The topological polar surface area (TPSA) is 23.5 Å². The van der Waals surface area contributed by atoms with Crippen LogP contribution in [0.3, 0.4) is 0 Å². The zero-order chi connectivity index (χ0) is 9.84. The highest BCUT2D eigenvalue weighted by molar-refractivity contribution is 4.77. The molecule has 0 radical (unpaired) electrons. The second-order valence-electron chi connectivity index (χ2n) is 4.43. The minimum Gasteiger partial charge on any atom is -0.392 e.